The van der Waals surface area contributed by atoms with Crippen LogP contribution in [0.3, 0.4) is 0 Å². The van der Waals surface area contributed by atoms with Crippen molar-refractivity contribution >= 4 is 17.3 Å². The van der Waals surface area contributed by atoms with Crippen LogP contribution in [0.2, 0.25) is 0 Å². The Labute approximate surface area is 122 Å². The van der Waals surface area contributed by atoms with E-state index in [1.165, 1.54) is 12.4 Å². The monoisotopic (exact) mass is 292 g/mol. The van der Waals surface area contributed by atoms with E-state index < -0.39 is 11.6 Å². The van der Waals surface area contributed by atoms with Gasteiger partial charge in [0.25, 0.3) is 0 Å². The van der Waals surface area contributed by atoms with Gasteiger partial charge < -0.3 is 10.6 Å². The fourth-order valence-corrected chi connectivity index (χ4v) is 2.04. The van der Waals surface area contributed by atoms with Crippen LogP contribution in [0.5, 0.6) is 0 Å². The fourth-order valence-electron chi connectivity index (χ4n) is 2.04. The number of nitrogens with one attached hydrogen (secondary N) is 2. The predicted octanol–water partition coefficient (Wildman–Crippen LogP) is 3.88. The second kappa shape index (κ2) is 6.97. The van der Waals surface area contributed by atoms with Crippen LogP contribution >= 0.6 is 0 Å². The second-order valence-corrected chi connectivity index (χ2v) is 4.58. The SMILES string of the molecule is CCCc1c(NCC)ncnc1Nc1ccc(F)c(F)c1. The quantitative estimate of drug-likeness (QED) is 0.848. The molecule has 2 aromatic rings. The molecule has 1 heterocycles. The Morgan fingerprint density at radius 2 is 1.81 bits per heavy atom. The molecule has 0 atom stereocenters. The first-order valence-electron chi connectivity index (χ1n) is 6.95. The van der Waals surface area contributed by atoms with Crippen LogP contribution in [0.15, 0.2) is 24.5 Å². The van der Waals surface area contributed by atoms with Crippen LogP contribution in [0.25, 0.3) is 0 Å². The van der Waals surface area contributed by atoms with Crippen molar-refractivity contribution in [1.29, 1.82) is 0 Å². The van der Waals surface area contributed by atoms with E-state index in [2.05, 4.69) is 27.5 Å². The largest absolute Gasteiger partial charge is 0.370 e. The average Bonchev–Trinajstić information content (AvgIpc) is 2.46. The van der Waals surface area contributed by atoms with E-state index in [9.17, 15) is 8.78 Å². The van der Waals surface area contributed by atoms with Crippen LogP contribution in [0.1, 0.15) is 25.8 Å². The standard InChI is InChI=1S/C15H18F2N4/c1-3-5-11-14(18-4-2)19-9-20-15(11)21-10-6-7-12(16)13(17)8-10/h6-9H,3-5H2,1-2H3,(H2,18,19,20,21). The lowest BCUT2D eigenvalue weighted by Crippen LogP contribution is -2.08. The minimum Gasteiger partial charge on any atom is -0.370 e. The number of nitrogens with zero attached hydrogens (tertiary/aromatic N) is 2. The predicted molar refractivity (Wildman–Crippen MR) is 79.8 cm³/mol. The summed E-state index contributed by atoms with van der Waals surface area (Å²) < 4.78 is 26.2. The Morgan fingerprint density at radius 3 is 2.48 bits per heavy atom. The fraction of sp³-hybridized carbons (Fsp3) is 0.333. The van der Waals surface area contributed by atoms with Gasteiger partial charge in [0.15, 0.2) is 11.6 Å². The number of halogens is 2. The molecule has 0 saturated carbocycles. The summed E-state index contributed by atoms with van der Waals surface area (Å²) in [4.78, 5) is 8.43. The average molecular weight is 292 g/mol. The smallest absolute Gasteiger partial charge is 0.160 e. The van der Waals surface area contributed by atoms with Gasteiger partial charge in [-0.2, -0.15) is 0 Å². The molecule has 0 aliphatic heterocycles. The Morgan fingerprint density at radius 1 is 1.05 bits per heavy atom. The summed E-state index contributed by atoms with van der Waals surface area (Å²) in [5, 5.41) is 6.21. The molecule has 2 N–H and O–H groups in total. The number of hydrogen-bond donors (Lipinski definition) is 2. The highest BCUT2D eigenvalue weighted by molar-refractivity contribution is 5.64. The molecule has 0 bridgehead atoms. The van der Waals surface area contributed by atoms with Crippen LogP contribution in [-0.4, -0.2) is 16.5 Å². The Kier molecular flexibility index (Phi) is 5.03. The van der Waals surface area contributed by atoms with Crippen molar-refractivity contribution < 1.29 is 8.78 Å². The maximum Gasteiger partial charge on any atom is 0.160 e. The van der Waals surface area contributed by atoms with Gasteiger partial charge in [-0.15, -0.1) is 0 Å². The molecule has 112 valence electrons. The van der Waals surface area contributed by atoms with Crippen molar-refractivity contribution in [2.24, 2.45) is 0 Å². The number of hydrogen-bond acceptors (Lipinski definition) is 4. The molecule has 0 aliphatic carbocycles. The summed E-state index contributed by atoms with van der Waals surface area (Å²) in [6.07, 6.45) is 3.16. The van der Waals surface area contributed by atoms with Gasteiger partial charge in [-0.1, -0.05) is 13.3 Å². The van der Waals surface area contributed by atoms with Crippen LogP contribution in [0.4, 0.5) is 26.1 Å². The Bertz CT molecular complexity index is 617. The van der Waals surface area contributed by atoms with Gasteiger partial charge in [-0.05, 0) is 25.5 Å². The topological polar surface area (TPSA) is 49.8 Å². The van der Waals surface area contributed by atoms with Gasteiger partial charge in [-0.3, -0.25) is 0 Å². The molecule has 0 saturated heterocycles. The normalized spacial score (nSPS) is 10.5. The molecular formula is C15H18F2N4. The van der Waals surface area contributed by atoms with Crippen LogP contribution < -0.4 is 10.6 Å². The first-order valence-corrected chi connectivity index (χ1v) is 6.95. The van der Waals surface area contributed by atoms with Crippen molar-refractivity contribution in [1.82, 2.24) is 9.97 Å². The molecule has 0 fully saturated rings. The third kappa shape index (κ3) is 3.65. The molecule has 0 radical (unpaired) electrons. The molecule has 0 aliphatic rings. The first kappa shape index (κ1) is 15.2. The van der Waals surface area contributed by atoms with Gasteiger partial charge >= 0.3 is 0 Å². The summed E-state index contributed by atoms with van der Waals surface area (Å²) in [5.74, 6) is -0.392. The number of benzene rings is 1. The molecule has 1 aromatic carbocycles. The van der Waals surface area contributed by atoms with E-state index in [0.29, 0.717) is 11.5 Å². The zero-order chi connectivity index (χ0) is 15.2. The molecule has 21 heavy (non-hydrogen) atoms. The minimum atomic E-state index is -0.891. The molecule has 1 aromatic heterocycles. The van der Waals surface area contributed by atoms with Gasteiger partial charge in [0.05, 0.1) is 0 Å². The molecular weight excluding hydrogens is 274 g/mol. The van der Waals surface area contributed by atoms with Crippen molar-refractivity contribution in [2.45, 2.75) is 26.7 Å². The first-order chi connectivity index (χ1) is 10.2. The van der Waals surface area contributed by atoms with E-state index in [4.69, 9.17) is 0 Å². The van der Waals surface area contributed by atoms with Crippen molar-refractivity contribution in [3.05, 3.63) is 41.7 Å². The molecule has 2 rings (SSSR count). The van der Waals surface area contributed by atoms with E-state index in [1.54, 1.807) is 0 Å². The summed E-state index contributed by atoms with van der Waals surface area (Å²) in [6.45, 7) is 4.79. The highest BCUT2D eigenvalue weighted by Gasteiger charge is 2.11. The Hall–Kier alpha value is -2.24. The molecule has 0 spiro atoms. The van der Waals surface area contributed by atoms with Gasteiger partial charge in [0.1, 0.15) is 18.0 Å². The van der Waals surface area contributed by atoms with Crippen molar-refractivity contribution in [3.8, 4) is 0 Å². The highest BCUT2D eigenvalue weighted by atomic mass is 19.2. The third-order valence-electron chi connectivity index (χ3n) is 2.97. The number of rotatable bonds is 6. The molecule has 6 heteroatoms. The molecule has 4 nitrogen and oxygen atoms in total. The summed E-state index contributed by atoms with van der Waals surface area (Å²) >= 11 is 0. The lowest BCUT2D eigenvalue weighted by atomic mass is 10.1. The van der Waals surface area contributed by atoms with E-state index in [0.717, 1.165) is 42.9 Å². The lowest BCUT2D eigenvalue weighted by molar-refractivity contribution is 0.509. The Balaban J connectivity index is 2.33. The second-order valence-electron chi connectivity index (χ2n) is 4.58. The van der Waals surface area contributed by atoms with E-state index in [1.807, 2.05) is 6.92 Å². The maximum atomic E-state index is 13.3. The zero-order valence-corrected chi connectivity index (χ0v) is 12.1. The van der Waals surface area contributed by atoms with Crippen LogP contribution in [-0.2, 0) is 6.42 Å². The third-order valence-corrected chi connectivity index (χ3v) is 2.97. The van der Waals surface area contributed by atoms with Crippen molar-refractivity contribution in [2.75, 3.05) is 17.2 Å². The summed E-state index contributed by atoms with van der Waals surface area (Å²) in [7, 11) is 0. The van der Waals surface area contributed by atoms with Gasteiger partial charge in [0, 0.05) is 23.9 Å². The van der Waals surface area contributed by atoms with E-state index in [-0.39, 0.29) is 0 Å². The van der Waals surface area contributed by atoms with E-state index >= 15 is 0 Å². The summed E-state index contributed by atoms with van der Waals surface area (Å²) in [6, 6.07) is 3.67. The maximum absolute atomic E-state index is 13.3. The molecule has 0 amide bonds. The number of anilines is 3. The number of aromatic nitrogens is 2. The van der Waals surface area contributed by atoms with Crippen molar-refractivity contribution in [3.63, 3.8) is 0 Å². The van der Waals surface area contributed by atoms with Crippen LogP contribution in [0, 0.1) is 11.6 Å². The minimum absolute atomic E-state index is 0.451. The zero-order valence-electron chi connectivity index (χ0n) is 12.1. The summed E-state index contributed by atoms with van der Waals surface area (Å²) in [5.41, 5.74) is 1.39. The van der Waals surface area contributed by atoms with Gasteiger partial charge in [-0.25, -0.2) is 18.7 Å². The highest BCUT2D eigenvalue weighted by Crippen LogP contribution is 2.25. The lowest BCUT2D eigenvalue weighted by Gasteiger charge is -2.14. The molecule has 0 unspecified atom stereocenters. The van der Waals surface area contributed by atoms with Gasteiger partial charge in [0.2, 0.25) is 0 Å².